The lowest BCUT2D eigenvalue weighted by atomic mass is 9.89. The van der Waals surface area contributed by atoms with E-state index in [1.54, 1.807) is 4.90 Å². The molecule has 1 N–H and O–H groups in total. The SMILES string of the molecule is CN(Cc1ccc(N(C)C)cc1)C(=O)CC[C@H]1Cc2ccccc2NC1=O. The fourth-order valence-electron chi connectivity index (χ4n) is 3.40. The first-order valence-electron chi connectivity index (χ1n) is 9.33. The van der Waals surface area contributed by atoms with Crippen molar-refractivity contribution < 1.29 is 9.59 Å². The molecule has 0 saturated carbocycles. The molecule has 27 heavy (non-hydrogen) atoms. The summed E-state index contributed by atoms with van der Waals surface area (Å²) >= 11 is 0. The van der Waals surface area contributed by atoms with Gasteiger partial charge in [0.05, 0.1) is 0 Å². The summed E-state index contributed by atoms with van der Waals surface area (Å²) in [6.07, 6.45) is 1.65. The van der Waals surface area contributed by atoms with Crippen LogP contribution in [0.4, 0.5) is 11.4 Å². The van der Waals surface area contributed by atoms with Crippen LogP contribution in [0.3, 0.4) is 0 Å². The number of amides is 2. The third-order valence-electron chi connectivity index (χ3n) is 5.12. The van der Waals surface area contributed by atoms with Gasteiger partial charge in [0, 0.05) is 51.4 Å². The van der Waals surface area contributed by atoms with E-state index in [0.717, 1.165) is 22.5 Å². The van der Waals surface area contributed by atoms with Crippen molar-refractivity contribution in [1.29, 1.82) is 0 Å². The van der Waals surface area contributed by atoms with Gasteiger partial charge in [0.1, 0.15) is 0 Å². The molecular formula is C22H27N3O2. The van der Waals surface area contributed by atoms with Gasteiger partial charge >= 0.3 is 0 Å². The van der Waals surface area contributed by atoms with Crippen molar-refractivity contribution in [3.63, 3.8) is 0 Å². The molecule has 5 nitrogen and oxygen atoms in total. The first kappa shape index (κ1) is 19.0. The number of nitrogens with zero attached hydrogens (tertiary/aromatic N) is 2. The van der Waals surface area contributed by atoms with Gasteiger partial charge in [-0.1, -0.05) is 30.3 Å². The van der Waals surface area contributed by atoms with Crippen molar-refractivity contribution in [3.8, 4) is 0 Å². The van der Waals surface area contributed by atoms with E-state index in [-0.39, 0.29) is 17.7 Å². The number of anilines is 2. The Bertz CT molecular complexity index is 815. The van der Waals surface area contributed by atoms with E-state index in [4.69, 9.17) is 0 Å². The van der Waals surface area contributed by atoms with Crippen LogP contribution < -0.4 is 10.2 Å². The van der Waals surface area contributed by atoms with Crippen LogP contribution in [0.25, 0.3) is 0 Å². The molecule has 0 saturated heterocycles. The van der Waals surface area contributed by atoms with E-state index < -0.39 is 0 Å². The van der Waals surface area contributed by atoms with E-state index in [2.05, 4.69) is 17.4 Å². The van der Waals surface area contributed by atoms with Crippen LogP contribution in [-0.2, 0) is 22.6 Å². The number of hydrogen-bond acceptors (Lipinski definition) is 3. The zero-order chi connectivity index (χ0) is 19.4. The van der Waals surface area contributed by atoms with Gasteiger partial charge < -0.3 is 15.1 Å². The Kier molecular flexibility index (Phi) is 5.79. The summed E-state index contributed by atoms with van der Waals surface area (Å²) in [6.45, 7) is 0.576. The van der Waals surface area contributed by atoms with Crippen molar-refractivity contribution >= 4 is 23.2 Å². The van der Waals surface area contributed by atoms with E-state index in [0.29, 0.717) is 25.8 Å². The quantitative estimate of drug-likeness (QED) is 0.855. The molecule has 2 aromatic rings. The third-order valence-corrected chi connectivity index (χ3v) is 5.12. The van der Waals surface area contributed by atoms with Crippen LogP contribution in [0, 0.1) is 5.92 Å². The third kappa shape index (κ3) is 4.67. The highest BCUT2D eigenvalue weighted by molar-refractivity contribution is 5.96. The Balaban J connectivity index is 1.52. The molecule has 1 heterocycles. The first-order valence-corrected chi connectivity index (χ1v) is 9.33. The minimum atomic E-state index is -0.142. The Morgan fingerprint density at radius 1 is 1.07 bits per heavy atom. The lowest BCUT2D eigenvalue weighted by molar-refractivity contribution is -0.131. The van der Waals surface area contributed by atoms with Crippen molar-refractivity contribution in [3.05, 3.63) is 59.7 Å². The molecule has 1 atom stereocenters. The van der Waals surface area contributed by atoms with E-state index in [1.807, 2.05) is 62.4 Å². The summed E-state index contributed by atoms with van der Waals surface area (Å²) in [5.74, 6) is -0.0570. The van der Waals surface area contributed by atoms with Crippen molar-refractivity contribution in [1.82, 2.24) is 4.90 Å². The van der Waals surface area contributed by atoms with Crippen molar-refractivity contribution in [2.45, 2.75) is 25.8 Å². The molecule has 0 aliphatic carbocycles. The van der Waals surface area contributed by atoms with Gasteiger partial charge in [-0.25, -0.2) is 0 Å². The second kappa shape index (κ2) is 8.25. The molecule has 0 aromatic heterocycles. The highest BCUT2D eigenvalue weighted by atomic mass is 16.2. The molecule has 0 bridgehead atoms. The second-order valence-corrected chi connectivity index (χ2v) is 7.40. The maximum Gasteiger partial charge on any atom is 0.227 e. The van der Waals surface area contributed by atoms with Crippen LogP contribution in [0.1, 0.15) is 24.0 Å². The summed E-state index contributed by atoms with van der Waals surface area (Å²) in [5.41, 5.74) is 4.27. The van der Waals surface area contributed by atoms with Crippen molar-refractivity contribution in [2.75, 3.05) is 31.4 Å². The summed E-state index contributed by atoms with van der Waals surface area (Å²) in [4.78, 5) is 28.6. The van der Waals surface area contributed by atoms with Gasteiger partial charge in [-0.2, -0.15) is 0 Å². The average molecular weight is 365 g/mol. The lowest BCUT2D eigenvalue weighted by Crippen LogP contribution is -2.32. The molecule has 0 radical (unpaired) electrons. The largest absolute Gasteiger partial charge is 0.378 e. The zero-order valence-electron chi connectivity index (χ0n) is 16.2. The number of carbonyl (C=O) groups excluding carboxylic acids is 2. The van der Waals surface area contributed by atoms with Gasteiger partial charge in [0.2, 0.25) is 11.8 Å². The summed E-state index contributed by atoms with van der Waals surface area (Å²) < 4.78 is 0. The molecule has 0 fully saturated rings. The van der Waals surface area contributed by atoms with Crippen molar-refractivity contribution in [2.24, 2.45) is 5.92 Å². The Labute approximate surface area is 161 Å². The summed E-state index contributed by atoms with van der Waals surface area (Å²) in [5, 5.41) is 2.95. The number of carbonyl (C=O) groups is 2. The fraction of sp³-hybridized carbons (Fsp3) is 0.364. The van der Waals surface area contributed by atoms with E-state index in [9.17, 15) is 9.59 Å². The molecule has 2 amide bonds. The first-order chi connectivity index (χ1) is 12.9. The molecule has 2 aromatic carbocycles. The van der Waals surface area contributed by atoms with Gasteiger partial charge in [0.25, 0.3) is 0 Å². The number of para-hydroxylation sites is 1. The molecule has 0 spiro atoms. The average Bonchev–Trinajstić information content (AvgIpc) is 2.66. The normalized spacial score (nSPS) is 15.7. The number of nitrogens with one attached hydrogen (secondary N) is 1. The number of fused-ring (bicyclic) bond motifs is 1. The maximum absolute atomic E-state index is 12.5. The smallest absolute Gasteiger partial charge is 0.227 e. The molecular weight excluding hydrogens is 338 g/mol. The Hall–Kier alpha value is -2.82. The van der Waals surface area contributed by atoms with Gasteiger partial charge in [0.15, 0.2) is 0 Å². The zero-order valence-corrected chi connectivity index (χ0v) is 16.2. The minimum absolute atomic E-state index is 0.0171. The number of rotatable bonds is 6. The molecule has 1 aliphatic rings. The van der Waals surface area contributed by atoms with E-state index >= 15 is 0 Å². The van der Waals surface area contributed by atoms with Crippen LogP contribution in [0.2, 0.25) is 0 Å². The standard InChI is InChI=1S/C22H27N3O2/c1-24(2)19-11-8-16(9-12-19)15-25(3)21(26)13-10-18-14-17-6-4-5-7-20(17)23-22(18)27/h4-9,11-12,18H,10,13-15H2,1-3H3,(H,23,27)/t18-/m0/s1. The Morgan fingerprint density at radius 2 is 1.78 bits per heavy atom. The Morgan fingerprint density at radius 3 is 2.48 bits per heavy atom. The summed E-state index contributed by atoms with van der Waals surface area (Å²) in [6, 6.07) is 16.1. The van der Waals surface area contributed by atoms with Crippen LogP contribution in [0.5, 0.6) is 0 Å². The van der Waals surface area contributed by atoms with E-state index in [1.165, 1.54) is 0 Å². The molecule has 3 rings (SSSR count). The lowest BCUT2D eigenvalue weighted by Gasteiger charge is -2.25. The predicted octanol–water partition coefficient (Wildman–Crippen LogP) is 3.30. The van der Waals surface area contributed by atoms with Crippen LogP contribution in [-0.4, -0.2) is 37.9 Å². The van der Waals surface area contributed by atoms with Gasteiger partial charge in [-0.15, -0.1) is 0 Å². The second-order valence-electron chi connectivity index (χ2n) is 7.40. The monoisotopic (exact) mass is 365 g/mol. The predicted molar refractivity (Wildman–Crippen MR) is 109 cm³/mol. The van der Waals surface area contributed by atoms with Crippen LogP contribution in [0.15, 0.2) is 48.5 Å². The fourth-order valence-corrected chi connectivity index (χ4v) is 3.40. The van der Waals surface area contributed by atoms with Crippen LogP contribution >= 0.6 is 0 Å². The molecule has 1 aliphatic heterocycles. The molecule has 5 heteroatoms. The number of benzene rings is 2. The molecule has 142 valence electrons. The highest BCUT2D eigenvalue weighted by Crippen LogP contribution is 2.27. The summed E-state index contributed by atoms with van der Waals surface area (Å²) in [7, 11) is 5.83. The minimum Gasteiger partial charge on any atom is -0.378 e. The van der Waals surface area contributed by atoms with Gasteiger partial charge in [-0.05, 0) is 42.2 Å². The van der Waals surface area contributed by atoms with Gasteiger partial charge in [-0.3, -0.25) is 9.59 Å². The molecule has 0 unspecified atom stereocenters. The number of hydrogen-bond donors (Lipinski definition) is 1. The highest BCUT2D eigenvalue weighted by Gasteiger charge is 2.26. The topological polar surface area (TPSA) is 52.6 Å². The maximum atomic E-state index is 12.5.